The van der Waals surface area contributed by atoms with E-state index >= 15 is 0 Å². The lowest BCUT2D eigenvalue weighted by Gasteiger charge is -1.96. The fourth-order valence-corrected chi connectivity index (χ4v) is 0.980. The summed E-state index contributed by atoms with van der Waals surface area (Å²) in [5, 5.41) is 0. The van der Waals surface area contributed by atoms with E-state index in [1.165, 1.54) is 24.8 Å². The Hall–Kier alpha value is -1.00. The second kappa shape index (κ2) is 8.10. The predicted molar refractivity (Wildman–Crippen MR) is 56.1 cm³/mol. The molecule has 0 aliphatic heterocycles. The van der Waals surface area contributed by atoms with Crippen molar-refractivity contribution in [3.63, 3.8) is 0 Å². The van der Waals surface area contributed by atoms with Crippen LogP contribution in [0.2, 0.25) is 0 Å². The minimum absolute atomic E-state index is 1.08. The van der Waals surface area contributed by atoms with Crippen molar-refractivity contribution in [3.8, 4) is 0 Å². The van der Waals surface area contributed by atoms with E-state index < -0.39 is 0 Å². The van der Waals surface area contributed by atoms with Crippen molar-refractivity contribution < 1.29 is 0 Å². The summed E-state index contributed by atoms with van der Waals surface area (Å²) in [5.41, 5.74) is 4.11. The summed E-state index contributed by atoms with van der Waals surface area (Å²) in [6.45, 7) is 9.47. The highest BCUT2D eigenvalue weighted by molar-refractivity contribution is 5.19. The van der Waals surface area contributed by atoms with Crippen LogP contribution < -0.4 is 0 Å². The van der Waals surface area contributed by atoms with Crippen LogP contribution in [0.4, 0.5) is 0 Å². The molecule has 0 rings (SSSR count). The van der Waals surface area contributed by atoms with Crippen LogP contribution in [0.5, 0.6) is 0 Å². The van der Waals surface area contributed by atoms with Crippen LogP contribution >= 0.6 is 0 Å². The van der Waals surface area contributed by atoms with Gasteiger partial charge in [0.2, 0.25) is 0 Å². The average Bonchev–Trinajstić information content (AvgIpc) is 2.11. The average molecular weight is 162 g/mol. The molecule has 0 radical (unpaired) electrons. The maximum atomic E-state index is 3.65. The SMILES string of the molecule is C=C=C(/C=C/C=C)CCCCC. The van der Waals surface area contributed by atoms with Gasteiger partial charge < -0.3 is 0 Å². The summed E-state index contributed by atoms with van der Waals surface area (Å²) in [5.74, 6) is 0. The van der Waals surface area contributed by atoms with Gasteiger partial charge in [-0.05, 0) is 18.4 Å². The molecule has 0 atom stereocenters. The molecule has 0 saturated carbocycles. The maximum Gasteiger partial charge on any atom is -0.00666 e. The Balaban J connectivity index is 3.77. The van der Waals surface area contributed by atoms with E-state index in [0.717, 1.165) is 6.42 Å². The number of unbranched alkanes of at least 4 members (excludes halogenated alkanes) is 2. The third kappa shape index (κ3) is 5.76. The van der Waals surface area contributed by atoms with E-state index in [-0.39, 0.29) is 0 Å². The third-order valence-corrected chi connectivity index (χ3v) is 1.71. The molecule has 0 aromatic carbocycles. The predicted octanol–water partition coefficient (Wildman–Crippen LogP) is 4.02. The lowest BCUT2D eigenvalue weighted by molar-refractivity contribution is 0.720. The molecule has 0 N–H and O–H groups in total. The normalized spacial score (nSPS) is 9.75. The van der Waals surface area contributed by atoms with Crippen LogP contribution in [0.15, 0.2) is 42.7 Å². The first kappa shape index (κ1) is 11.0. The quantitative estimate of drug-likeness (QED) is 0.314. The molecule has 0 saturated heterocycles. The maximum absolute atomic E-state index is 3.65. The summed E-state index contributed by atoms with van der Waals surface area (Å²) in [7, 11) is 0. The molecule has 0 aromatic rings. The molecule has 0 unspecified atom stereocenters. The van der Waals surface area contributed by atoms with E-state index in [4.69, 9.17) is 0 Å². The molecule has 0 aromatic heterocycles. The Labute approximate surface area is 76.0 Å². The van der Waals surface area contributed by atoms with Gasteiger partial charge in [0.15, 0.2) is 0 Å². The van der Waals surface area contributed by atoms with Crippen molar-refractivity contribution in [3.05, 3.63) is 42.7 Å². The Morgan fingerprint density at radius 3 is 2.67 bits per heavy atom. The van der Waals surface area contributed by atoms with Gasteiger partial charge in [0.05, 0.1) is 0 Å². The zero-order valence-electron chi connectivity index (χ0n) is 7.97. The minimum Gasteiger partial charge on any atom is -0.125 e. The Morgan fingerprint density at radius 1 is 1.42 bits per heavy atom. The lowest BCUT2D eigenvalue weighted by Crippen LogP contribution is -1.78. The highest BCUT2D eigenvalue weighted by Gasteiger charge is 1.89. The summed E-state index contributed by atoms with van der Waals surface area (Å²) in [4.78, 5) is 0. The van der Waals surface area contributed by atoms with Crippen molar-refractivity contribution in [1.29, 1.82) is 0 Å². The molecular weight excluding hydrogens is 144 g/mol. The smallest absolute Gasteiger partial charge is 0.00666 e. The minimum atomic E-state index is 1.08. The van der Waals surface area contributed by atoms with Crippen LogP contribution in [0.25, 0.3) is 0 Å². The summed E-state index contributed by atoms with van der Waals surface area (Å²) < 4.78 is 0. The zero-order chi connectivity index (χ0) is 9.23. The first-order valence-corrected chi connectivity index (χ1v) is 4.53. The van der Waals surface area contributed by atoms with Crippen molar-refractivity contribution in [2.45, 2.75) is 32.6 Å². The number of hydrogen-bond acceptors (Lipinski definition) is 0. The lowest BCUT2D eigenvalue weighted by atomic mass is 10.1. The van der Waals surface area contributed by atoms with E-state index in [1.807, 2.05) is 12.2 Å². The topological polar surface area (TPSA) is 0 Å². The summed E-state index contributed by atoms with van der Waals surface area (Å²) in [6, 6.07) is 0. The fraction of sp³-hybridized carbons (Fsp3) is 0.417. The van der Waals surface area contributed by atoms with Gasteiger partial charge in [-0.3, -0.25) is 0 Å². The van der Waals surface area contributed by atoms with E-state index in [0.29, 0.717) is 0 Å². The number of hydrogen-bond donors (Lipinski definition) is 0. The van der Waals surface area contributed by atoms with Crippen molar-refractivity contribution >= 4 is 0 Å². The van der Waals surface area contributed by atoms with E-state index in [2.05, 4.69) is 25.8 Å². The standard InChI is InChI=1S/C12H18/c1-4-7-9-11-12(6-3)10-8-5-2/h5,8,10H,2-4,7,9,11H2,1H3/b10-8+. The van der Waals surface area contributed by atoms with Gasteiger partial charge in [0.25, 0.3) is 0 Å². The van der Waals surface area contributed by atoms with Crippen LogP contribution in [0, 0.1) is 0 Å². The van der Waals surface area contributed by atoms with Crippen molar-refractivity contribution in [2.24, 2.45) is 0 Å². The Morgan fingerprint density at radius 2 is 2.17 bits per heavy atom. The highest BCUT2D eigenvalue weighted by Crippen LogP contribution is 2.08. The largest absolute Gasteiger partial charge is 0.125 e. The monoisotopic (exact) mass is 162 g/mol. The fourth-order valence-electron chi connectivity index (χ4n) is 0.980. The van der Waals surface area contributed by atoms with E-state index in [9.17, 15) is 0 Å². The molecule has 0 bridgehead atoms. The first-order valence-electron chi connectivity index (χ1n) is 4.53. The second-order valence-electron chi connectivity index (χ2n) is 2.75. The Kier molecular flexibility index (Phi) is 7.42. The molecule has 0 aliphatic carbocycles. The van der Waals surface area contributed by atoms with Gasteiger partial charge in [0.1, 0.15) is 0 Å². The van der Waals surface area contributed by atoms with Gasteiger partial charge in [-0.15, -0.1) is 5.73 Å². The van der Waals surface area contributed by atoms with Crippen LogP contribution in [0.3, 0.4) is 0 Å². The van der Waals surface area contributed by atoms with E-state index in [1.54, 1.807) is 6.08 Å². The Bertz CT molecular complexity index is 190. The molecule has 12 heavy (non-hydrogen) atoms. The van der Waals surface area contributed by atoms with Gasteiger partial charge >= 0.3 is 0 Å². The molecule has 0 heterocycles. The second-order valence-corrected chi connectivity index (χ2v) is 2.75. The summed E-state index contributed by atoms with van der Waals surface area (Å²) >= 11 is 0. The number of rotatable bonds is 6. The van der Waals surface area contributed by atoms with Crippen LogP contribution in [0.1, 0.15) is 32.6 Å². The first-order chi connectivity index (χ1) is 5.85. The van der Waals surface area contributed by atoms with Gasteiger partial charge in [-0.25, -0.2) is 0 Å². The zero-order valence-corrected chi connectivity index (χ0v) is 7.97. The van der Waals surface area contributed by atoms with Crippen molar-refractivity contribution in [1.82, 2.24) is 0 Å². The molecule has 0 heteroatoms. The molecule has 0 amide bonds. The molecular formula is C12H18. The molecule has 0 nitrogen and oxygen atoms in total. The van der Waals surface area contributed by atoms with Gasteiger partial charge in [-0.2, -0.15) is 0 Å². The third-order valence-electron chi connectivity index (χ3n) is 1.71. The van der Waals surface area contributed by atoms with Crippen LogP contribution in [-0.4, -0.2) is 0 Å². The highest BCUT2D eigenvalue weighted by atomic mass is 13.9. The van der Waals surface area contributed by atoms with Gasteiger partial charge in [0, 0.05) is 0 Å². The summed E-state index contributed by atoms with van der Waals surface area (Å²) in [6.07, 6.45) is 10.6. The van der Waals surface area contributed by atoms with Crippen molar-refractivity contribution in [2.75, 3.05) is 0 Å². The van der Waals surface area contributed by atoms with Gasteiger partial charge in [-0.1, -0.05) is 51.2 Å². The molecule has 0 fully saturated rings. The molecule has 0 spiro atoms. The molecule has 66 valence electrons. The molecule has 0 aliphatic rings. The van der Waals surface area contributed by atoms with Crippen LogP contribution in [-0.2, 0) is 0 Å². The number of allylic oxidation sites excluding steroid dienone is 4.